The molecule has 13 heavy (non-hydrogen) atoms. The molecule has 3 heteroatoms. The third-order valence-electron chi connectivity index (χ3n) is 2.70. The first-order valence-corrected chi connectivity index (χ1v) is 4.90. The molecule has 0 radical (unpaired) electrons. The maximum atomic E-state index is 10.0. The predicted molar refractivity (Wildman–Crippen MR) is 54.8 cm³/mol. The molecular formula is C10H23NO2. The van der Waals surface area contributed by atoms with Crippen molar-refractivity contribution >= 4 is 0 Å². The number of methoxy groups -OCH3 is 1. The average molecular weight is 189 g/mol. The van der Waals surface area contributed by atoms with E-state index in [1.807, 2.05) is 14.0 Å². The zero-order chi connectivity index (χ0) is 10.3. The predicted octanol–water partition coefficient (Wildman–Crippen LogP) is 1.02. The molecule has 0 spiro atoms. The molecule has 2 atom stereocenters. The van der Waals surface area contributed by atoms with Gasteiger partial charge in [0.1, 0.15) is 0 Å². The van der Waals surface area contributed by atoms with Crippen LogP contribution in [0.4, 0.5) is 0 Å². The van der Waals surface area contributed by atoms with Gasteiger partial charge in [-0.3, -0.25) is 0 Å². The molecule has 0 aromatic heterocycles. The van der Waals surface area contributed by atoms with Crippen LogP contribution in [-0.2, 0) is 4.74 Å². The lowest BCUT2D eigenvalue weighted by molar-refractivity contribution is -0.0123. The first-order valence-electron chi connectivity index (χ1n) is 4.90. The van der Waals surface area contributed by atoms with Crippen molar-refractivity contribution in [3.63, 3.8) is 0 Å². The summed E-state index contributed by atoms with van der Waals surface area (Å²) in [6.45, 7) is 5.53. The molecule has 0 aromatic rings. The van der Waals surface area contributed by atoms with Crippen molar-refractivity contribution in [3.8, 4) is 0 Å². The van der Waals surface area contributed by atoms with E-state index in [2.05, 4.69) is 12.2 Å². The van der Waals surface area contributed by atoms with Crippen LogP contribution in [0.15, 0.2) is 0 Å². The fourth-order valence-electron chi connectivity index (χ4n) is 1.23. The summed E-state index contributed by atoms with van der Waals surface area (Å²) in [5.41, 5.74) is -0.582. The van der Waals surface area contributed by atoms with Crippen molar-refractivity contribution in [2.75, 3.05) is 27.3 Å². The Morgan fingerprint density at radius 3 is 2.62 bits per heavy atom. The SMILES string of the molecule is CNCCC(C)(O)C(C)CCOC. The van der Waals surface area contributed by atoms with Crippen LogP contribution in [0.3, 0.4) is 0 Å². The summed E-state index contributed by atoms with van der Waals surface area (Å²) >= 11 is 0. The second-order valence-corrected chi connectivity index (χ2v) is 3.89. The second kappa shape index (κ2) is 6.35. The maximum Gasteiger partial charge on any atom is 0.0658 e. The van der Waals surface area contributed by atoms with Gasteiger partial charge in [0.2, 0.25) is 0 Å². The summed E-state index contributed by atoms with van der Waals surface area (Å²) in [6.07, 6.45) is 1.70. The first-order chi connectivity index (χ1) is 6.04. The number of rotatable bonds is 7. The Bertz CT molecular complexity index is 126. The molecular weight excluding hydrogens is 166 g/mol. The minimum Gasteiger partial charge on any atom is -0.390 e. The Kier molecular flexibility index (Phi) is 6.29. The first kappa shape index (κ1) is 12.9. The zero-order valence-electron chi connectivity index (χ0n) is 9.26. The van der Waals surface area contributed by atoms with Gasteiger partial charge in [-0.2, -0.15) is 0 Å². The number of ether oxygens (including phenoxy) is 1. The van der Waals surface area contributed by atoms with Crippen molar-refractivity contribution < 1.29 is 9.84 Å². The van der Waals surface area contributed by atoms with Gasteiger partial charge >= 0.3 is 0 Å². The van der Waals surface area contributed by atoms with Crippen molar-refractivity contribution in [3.05, 3.63) is 0 Å². The molecule has 0 bridgehead atoms. The van der Waals surface area contributed by atoms with E-state index in [1.54, 1.807) is 7.11 Å². The Morgan fingerprint density at radius 2 is 2.15 bits per heavy atom. The summed E-state index contributed by atoms with van der Waals surface area (Å²) in [4.78, 5) is 0. The topological polar surface area (TPSA) is 41.5 Å². The van der Waals surface area contributed by atoms with Gasteiger partial charge in [0.05, 0.1) is 5.60 Å². The van der Waals surface area contributed by atoms with E-state index < -0.39 is 5.60 Å². The Labute approximate surface area is 81.5 Å². The minimum atomic E-state index is -0.582. The molecule has 0 heterocycles. The highest BCUT2D eigenvalue weighted by Crippen LogP contribution is 2.23. The highest BCUT2D eigenvalue weighted by molar-refractivity contribution is 4.79. The summed E-state index contributed by atoms with van der Waals surface area (Å²) in [6, 6.07) is 0. The minimum absolute atomic E-state index is 0.279. The molecule has 3 nitrogen and oxygen atoms in total. The van der Waals surface area contributed by atoms with Crippen molar-refractivity contribution in [1.82, 2.24) is 5.32 Å². The molecule has 0 aliphatic rings. The maximum absolute atomic E-state index is 10.0. The summed E-state index contributed by atoms with van der Waals surface area (Å²) in [7, 11) is 3.59. The number of nitrogens with one attached hydrogen (secondary N) is 1. The van der Waals surface area contributed by atoms with Crippen molar-refractivity contribution in [2.24, 2.45) is 5.92 Å². The third kappa shape index (κ3) is 5.24. The molecule has 0 aliphatic heterocycles. The van der Waals surface area contributed by atoms with Crippen molar-refractivity contribution in [1.29, 1.82) is 0 Å². The summed E-state index contributed by atoms with van der Waals surface area (Å²) < 4.78 is 4.99. The molecule has 0 saturated carbocycles. The average Bonchev–Trinajstić information content (AvgIpc) is 2.10. The molecule has 80 valence electrons. The number of aliphatic hydroxyl groups is 1. The normalized spacial score (nSPS) is 18.2. The van der Waals surface area contributed by atoms with E-state index in [4.69, 9.17) is 4.74 Å². The van der Waals surface area contributed by atoms with Gasteiger partial charge in [0.25, 0.3) is 0 Å². The monoisotopic (exact) mass is 189 g/mol. The lowest BCUT2D eigenvalue weighted by Gasteiger charge is -2.30. The molecule has 0 amide bonds. The quantitative estimate of drug-likeness (QED) is 0.628. The van der Waals surface area contributed by atoms with Gasteiger partial charge < -0.3 is 15.2 Å². The fourth-order valence-corrected chi connectivity index (χ4v) is 1.23. The van der Waals surface area contributed by atoms with Crippen LogP contribution in [0.1, 0.15) is 26.7 Å². The van der Waals surface area contributed by atoms with Crippen LogP contribution in [-0.4, -0.2) is 38.0 Å². The fraction of sp³-hybridized carbons (Fsp3) is 1.00. The van der Waals surface area contributed by atoms with E-state index in [9.17, 15) is 5.11 Å². The highest BCUT2D eigenvalue weighted by Gasteiger charge is 2.26. The van der Waals surface area contributed by atoms with Gasteiger partial charge in [-0.1, -0.05) is 6.92 Å². The van der Waals surface area contributed by atoms with Gasteiger partial charge in [-0.05, 0) is 39.3 Å². The summed E-state index contributed by atoms with van der Waals surface area (Å²) in [5, 5.41) is 13.1. The largest absolute Gasteiger partial charge is 0.390 e. The van der Waals surface area contributed by atoms with E-state index in [0.29, 0.717) is 0 Å². The van der Waals surface area contributed by atoms with Gasteiger partial charge in [-0.25, -0.2) is 0 Å². The zero-order valence-corrected chi connectivity index (χ0v) is 9.26. The van der Waals surface area contributed by atoms with E-state index >= 15 is 0 Å². The van der Waals surface area contributed by atoms with Crippen LogP contribution >= 0.6 is 0 Å². The standard InChI is InChI=1S/C10H23NO2/c1-9(5-8-13-4)10(2,12)6-7-11-3/h9,11-12H,5-8H2,1-4H3. The van der Waals surface area contributed by atoms with Crippen molar-refractivity contribution in [2.45, 2.75) is 32.3 Å². The van der Waals surface area contributed by atoms with E-state index in [-0.39, 0.29) is 5.92 Å². The van der Waals surface area contributed by atoms with E-state index in [1.165, 1.54) is 0 Å². The molecule has 0 aliphatic carbocycles. The Hall–Kier alpha value is -0.120. The lowest BCUT2D eigenvalue weighted by atomic mass is 9.85. The third-order valence-corrected chi connectivity index (χ3v) is 2.70. The van der Waals surface area contributed by atoms with Gasteiger partial charge in [0, 0.05) is 13.7 Å². The Balaban J connectivity index is 3.80. The second-order valence-electron chi connectivity index (χ2n) is 3.89. The van der Waals surface area contributed by atoms with Crippen LogP contribution in [0, 0.1) is 5.92 Å². The van der Waals surface area contributed by atoms with Crippen LogP contribution in [0.25, 0.3) is 0 Å². The highest BCUT2D eigenvalue weighted by atomic mass is 16.5. The van der Waals surface area contributed by atoms with Crippen LogP contribution in [0.5, 0.6) is 0 Å². The van der Waals surface area contributed by atoms with E-state index in [0.717, 1.165) is 26.0 Å². The molecule has 0 aromatic carbocycles. The molecule has 0 fully saturated rings. The molecule has 2 unspecified atom stereocenters. The lowest BCUT2D eigenvalue weighted by Crippen LogP contribution is -2.36. The molecule has 0 rings (SSSR count). The smallest absolute Gasteiger partial charge is 0.0658 e. The van der Waals surface area contributed by atoms with Crippen LogP contribution < -0.4 is 5.32 Å². The Morgan fingerprint density at radius 1 is 1.54 bits per heavy atom. The molecule has 2 N–H and O–H groups in total. The van der Waals surface area contributed by atoms with Gasteiger partial charge in [-0.15, -0.1) is 0 Å². The number of hydrogen-bond acceptors (Lipinski definition) is 3. The van der Waals surface area contributed by atoms with Crippen LogP contribution in [0.2, 0.25) is 0 Å². The number of hydrogen-bond donors (Lipinski definition) is 2. The van der Waals surface area contributed by atoms with Gasteiger partial charge in [0.15, 0.2) is 0 Å². The summed E-state index contributed by atoms with van der Waals surface area (Å²) in [5.74, 6) is 0.279. The molecule has 0 saturated heterocycles.